The van der Waals surface area contributed by atoms with E-state index in [0.29, 0.717) is 17.5 Å². The van der Waals surface area contributed by atoms with Crippen LogP contribution in [-0.4, -0.2) is 13.0 Å². The van der Waals surface area contributed by atoms with Gasteiger partial charge in [-0.15, -0.1) is 11.8 Å². The molecule has 3 rings (SSSR count). The lowest BCUT2D eigenvalue weighted by Gasteiger charge is -2.35. The molecule has 1 saturated heterocycles. The van der Waals surface area contributed by atoms with Gasteiger partial charge >= 0.3 is 0 Å². The van der Waals surface area contributed by atoms with E-state index in [1.165, 1.54) is 28.3 Å². The van der Waals surface area contributed by atoms with Gasteiger partial charge in [0.05, 0.1) is 0 Å². The summed E-state index contributed by atoms with van der Waals surface area (Å²) in [4.78, 5) is 1.42. The zero-order chi connectivity index (χ0) is 15.3. The van der Waals surface area contributed by atoms with Crippen molar-refractivity contribution in [2.24, 2.45) is 10.8 Å². The summed E-state index contributed by atoms with van der Waals surface area (Å²) in [7, 11) is 0. The van der Waals surface area contributed by atoms with E-state index in [0.717, 1.165) is 0 Å². The van der Waals surface area contributed by atoms with E-state index in [-0.39, 0.29) is 0 Å². The minimum atomic E-state index is 0.411. The molecule has 0 nitrogen and oxygen atoms in total. The van der Waals surface area contributed by atoms with Gasteiger partial charge in [0.1, 0.15) is 0 Å². The Morgan fingerprint density at radius 2 is 1.48 bits per heavy atom. The standard InChI is InChI=1S/C19H25BS/c1-18(2)12-20(13-19(18,3)4)15-10-6-8-14-9-7-11-16(21-5)17(14)15/h6-11H,12-13H2,1-5H3. The summed E-state index contributed by atoms with van der Waals surface area (Å²) < 4.78 is 0. The summed E-state index contributed by atoms with van der Waals surface area (Å²) >= 11 is 1.87. The fourth-order valence-electron chi connectivity index (χ4n) is 3.92. The lowest BCUT2D eigenvalue weighted by atomic mass is 9.41. The van der Waals surface area contributed by atoms with Crippen LogP contribution in [-0.2, 0) is 0 Å². The second-order valence-corrected chi connectivity index (χ2v) is 8.63. The molecule has 2 aromatic rings. The Kier molecular flexibility index (Phi) is 3.64. The van der Waals surface area contributed by atoms with Crippen molar-refractivity contribution in [2.45, 2.75) is 45.2 Å². The molecule has 0 saturated carbocycles. The molecule has 0 aliphatic carbocycles. The summed E-state index contributed by atoms with van der Waals surface area (Å²) in [5.74, 6) is 0. The Balaban J connectivity index is 2.14. The first kappa shape index (κ1) is 15.0. The van der Waals surface area contributed by atoms with Crippen molar-refractivity contribution < 1.29 is 0 Å². The molecule has 0 aromatic heterocycles. The maximum atomic E-state index is 2.44. The fourth-order valence-corrected chi connectivity index (χ4v) is 4.58. The van der Waals surface area contributed by atoms with Crippen molar-refractivity contribution in [3.05, 3.63) is 36.4 Å². The van der Waals surface area contributed by atoms with E-state index >= 15 is 0 Å². The molecule has 2 aromatic carbocycles. The molecule has 21 heavy (non-hydrogen) atoms. The third-order valence-electron chi connectivity index (χ3n) is 5.90. The Morgan fingerprint density at radius 1 is 0.905 bits per heavy atom. The fraction of sp³-hybridized carbons (Fsp3) is 0.474. The molecule has 1 aliphatic rings. The number of hydrogen-bond donors (Lipinski definition) is 0. The Hall–Kier alpha value is -0.885. The SMILES string of the molecule is CSc1cccc2cccc(B3CC(C)(C)C(C)(C)C3)c12. The minimum absolute atomic E-state index is 0.411. The molecule has 0 unspecified atom stereocenters. The van der Waals surface area contributed by atoms with E-state index in [1.807, 2.05) is 11.8 Å². The maximum absolute atomic E-state index is 2.44. The summed E-state index contributed by atoms with van der Waals surface area (Å²) in [6.07, 6.45) is 4.78. The highest BCUT2D eigenvalue weighted by Crippen LogP contribution is 2.52. The summed E-state index contributed by atoms with van der Waals surface area (Å²) in [5, 5.41) is 2.88. The number of fused-ring (bicyclic) bond motifs is 1. The van der Waals surface area contributed by atoms with Crippen LogP contribution in [0.1, 0.15) is 27.7 Å². The minimum Gasteiger partial charge on any atom is -0.129 e. The van der Waals surface area contributed by atoms with Gasteiger partial charge in [-0.3, -0.25) is 0 Å². The zero-order valence-electron chi connectivity index (χ0n) is 13.9. The predicted octanol–water partition coefficient (Wildman–Crippen LogP) is 5.33. The van der Waals surface area contributed by atoms with E-state index in [1.54, 1.807) is 5.46 Å². The van der Waals surface area contributed by atoms with Gasteiger partial charge in [0, 0.05) is 4.90 Å². The molecule has 0 radical (unpaired) electrons. The van der Waals surface area contributed by atoms with Gasteiger partial charge in [0.15, 0.2) is 6.71 Å². The predicted molar refractivity (Wildman–Crippen MR) is 98.3 cm³/mol. The van der Waals surface area contributed by atoms with Crippen molar-refractivity contribution in [3.8, 4) is 0 Å². The van der Waals surface area contributed by atoms with Gasteiger partial charge in [-0.2, -0.15) is 0 Å². The van der Waals surface area contributed by atoms with Crippen molar-refractivity contribution in [1.82, 2.24) is 0 Å². The molecule has 0 spiro atoms. The smallest absolute Gasteiger partial charge is 0.129 e. The summed E-state index contributed by atoms with van der Waals surface area (Å²) in [6, 6.07) is 13.6. The van der Waals surface area contributed by atoms with Crippen molar-refractivity contribution >= 4 is 34.7 Å². The van der Waals surface area contributed by atoms with Crippen LogP contribution >= 0.6 is 11.8 Å². The van der Waals surface area contributed by atoms with E-state index < -0.39 is 0 Å². The van der Waals surface area contributed by atoms with Crippen LogP contribution in [0.3, 0.4) is 0 Å². The molecular formula is C19H25BS. The second kappa shape index (κ2) is 5.09. The molecule has 1 aliphatic heterocycles. The Bertz CT molecular complexity index is 651. The molecule has 110 valence electrons. The van der Waals surface area contributed by atoms with Crippen LogP contribution in [0.15, 0.2) is 41.3 Å². The van der Waals surface area contributed by atoms with Crippen LogP contribution in [0.2, 0.25) is 12.6 Å². The van der Waals surface area contributed by atoms with Crippen molar-refractivity contribution in [1.29, 1.82) is 0 Å². The number of hydrogen-bond acceptors (Lipinski definition) is 1. The van der Waals surface area contributed by atoms with Crippen LogP contribution < -0.4 is 5.46 Å². The highest BCUT2D eigenvalue weighted by Gasteiger charge is 2.48. The highest BCUT2D eigenvalue weighted by atomic mass is 32.2. The average Bonchev–Trinajstić information content (AvgIpc) is 2.66. The summed E-state index contributed by atoms with van der Waals surface area (Å²) in [5.41, 5.74) is 2.39. The first-order chi connectivity index (χ1) is 9.86. The zero-order valence-corrected chi connectivity index (χ0v) is 14.7. The molecule has 0 atom stereocenters. The number of thioether (sulfide) groups is 1. The van der Waals surface area contributed by atoms with Crippen LogP contribution in [0, 0.1) is 10.8 Å². The quantitative estimate of drug-likeness (QED) is 0.533. The molecule has 0 N–H and O–H groups in total. The Morgan fingerprint density at radius 3 is 2.05 bits per heavy atom. The topological polar surface area (TPSA) is 0 Å². The lowest BCUT2D eigenvalue weighted by Crippen LogP contribution is -2.28. The molecule has 0 amide bonds. The van der Waals surface area contributed by atoms with Crippen molar-refractivity contribution in [3.63, 3.8) is 0 Å². The number of rotatable bonds is 2. The van der Waals surface area contributed by atoms with E-state index in [9.17, 15) is 0 Å². The van der Waals surface area contributed by atoms with Gasteiger partial charge in [-0.25, -0.2) is 0 Å². The maximum Gasteiger partial charge on any atom is 0.177 e. The molecular weight excluding hydrogens is 271 g/mol. The van der Waals surface area contributed by atoms with Gasteiger partial charge < -0.3 is 0 Å². The highest BCUT2D eigenvalue weighted by molar-refractivity contribution is 7.98. The van der Waals surface area contributed by atoms with Gasteiger partial charge in [0.25, 0.3) is 0 Å². The van der Waals surface area contributed by atoms with Crippen LogP contribution in [0.4, 0.5) is 0 Å². The summed E-state index contributed by atoms with van der Waals surface area (Å²) in [6.45, 7) is 10.4. The normalized spacial score (nSPS) is 20.1. The van der Waals surface area contributed by atoms with E-state index in [4.69, 9.17) is 0 Å². The molecule has 0 bridgehead atoms. The Labute approximate surface area is 133 Å². The van der Waals surface area contributed by atoms with Crippen molar-refractivity contribution in [2.75, 3.05) is 6.26 Å². The average molecular weight is 296 g/mol. The monoisotopic (exact) mass is 296 g/mol. The third kappa shape index (κ3) is 2.42. The first-order valence-corrected chi connectivity index (χ1v) is 9.14. The number of benzene rings is 2. The third-order valence-corrected chi connectivity index (χ3v) is 6.68. The van der Waals surface area contributed by atoms with Crippen LogP contribution in [0.5, 0.6) is 0 Å². The van der Waals surface area contributed by atoms with Gasteiger partial charge in [0.2, 0.25) is 0 Å². The van der Waals surface area contributed by atoms with E-state index in [2.05, 4.69) is 70.3 Å². The molecule has 2 heteroatoms. The largest absolute Gasteiger partial charge is 0.177 e. The van der Waals surface area contributed by atoms with Gasteiger partial charge in [-0.05, 0) is 33.9 Å². The second-order valence-electron chi connectivity index (χ2n) is 7.78. The molecule has 1 fully saturated rings. The first-order valence-electron chi connectivity index (χ1n) is 7.91. The lowest BCUT2D eigenvalue weighted by molar-refractivity contribution is 0.177. The van der Waals surface area contributed by atoms with Gasteiger partial charge in [-0.1, -0.05) is 76.1 Å². The molecule has 1 heterocycles. The van der Waals surface area contributed by atoms with Crippen LogP contribution in [0.25, 0.3) is 10.8 Å².